The predicted octanol–water partition coefficient (Wildman–Crippen LogP) is 7.09. The van der Waals surface area contributed by atoms with Crippen molar-refractivity contribution >= 4 is 28.5 Å². The molecule has 0 radical (unpaired) electrons. The summed E-state index contributed by atoms with van der Waals surface area (Å²) in [6.45, 7) is 7.50. The fourth-order valence-electron chi connectivity index (χ4n) is 7.03. The molecule has 1 saturated heterocycles. The Morgan fingerprint density at radius 3 is 2.60 bits per heavy atom. The van der Waals surface area contributed by atoms with E-state index in [-0.39, 0.29) is 11.8 Å². The number of amides is 1. The lowest BCUT2D eigenvalue weighted by atomic mass is 9.55. The van der Waals surface area contributed by atoms with Crippen molar-refractivity contribution in [2.24, 2.45) is 16.3 Å². The van der Waals surface area contributed by atoms with Gasteiger partial charge in [-0.15, -0.1) is 0 Å². The minimum absolute atomic E-state index is 0.208. The quantitative estimate of drug-likeness (QED) is 0.281. The molecule has 1 spiro atoms. The summed E-state index contributed by atoms with van der Waals surface area (Å²) >= 11 is 0. The van der Waals surface area contributed by atoms with E-state index in [0.717, 1.165) is 36.7 Å². The van der Waals surface area contributed by atoms with Crippen molar-refractivity contribution in [3.8, 4) is 5.75 Å². The first-order chi connectivity index (χ1) is 19.2. The Bertz CT molecular complexity index is 1420. The van der Waals surface area contributed by atoms with E-state index in [4.69, 9.17) is 9.84 Å². The van der Waals surface area contributed by atoms with Gasteiger partial charge in [0.1, 0.15) is 11.5 Å². The molecule has 7 heteroatoms. The van der Waals surface area contributed by atoms with Gasteiger partial charge in [0.25, 0.3) is 5.91 Å². The number of aromatic nitrogens is 1. The van der Waals surface area contributed by atoms with Crippen molar-refractivity contribution in [3.63, 3.8) is 0 Å². The standard InChI is InChI=1S/C33H41N3O4/c1-5-6-7-23-17-33(18-23)13-15-36(20-27-26-12-14-34-30(26)21(2)16-29(27)40-4)28(19-33)24-8-10-25(11-9-24)31(37)35-22(3)32(38)39/h8-12,14,16,23,28,34H,5-7,13,15,17-20H2,1-4H3,(H,38,39)/t23?,28-,33?/m0/s1. The molecule has 2 N–H and O–H groups in total. The summed E-state index contributed by atoms with van der Waals surface area (Å²) in [5.74, 6) is 0.0491. The minimum atomic E-state index is -1.19. The molecular weight excluding hydrogens is 502 g/mol. The topological polar surface area (TPSA) is 95.0 Å². The minimum Gasteiger partial charge on any atom is -0.496 e. The molecule has 0 unspecified atom stereocenters. The number of ether oxygens (including phenoxy) is 1. The number of hydrogen-bond donors (Lipinski definition) is 2. The van der Waals surface area contributed by atoms with Gasteiger partial charge in [0.05, 0.1) is 7.11 Å². The van der Waals surface area contributed by atoms with E-state index in [1.165, 1.54) is 67.5 Å². The molecule has 1 amide bonds. The number of nitrogens with one attached hydrogen (secondary N) is 1. The molecule has 3 aromatic rings. The van der Waals surface area contributed by atoms with E-state index < -0.39 is 11.9 Å². The maximum atomic E-state index is 12.6. The Labute approximate surface area is 236 Å². The third kappa shape index (κ3) is 5.57. The molecule has 212 valence electrons. The Morgan fingerprint density at radius 2 is 1.93 bits per heavy atom. The number of methoxy groups -OCH3 is 1. The highest BCUT2D eigenvalue weighted by molar-refractivity contribution is 6.36. The highest BCUT2D eigenvalue weighted by Crippen LogP contribution is 2.58. The number of unbranched alkanes of at least 4 members (excludes halogenated alkanes) is 1. The fourth-order valence-corrected chi connectivity index (χ4v) is 7.03. The number of carboxylic acids is 1. The summed E-state index contributed by atoms with van der Waals surface area (Å²) in [7, 11) is 1.74. The van der Waals surface area contributed by atoms with Gasteiger partial charge in [0.15, 0.2) is 0 Å². The Hall–Kier alpha value is -3.45. The number of aryl methyl sites for hydroxylation is 1. The van der Waals surface area contributed by atoms with E-state index in [9.17, 15) is 9.59 Å². The zero-order valence-corrected chi connectivity index (χ0v) is 24.1. The number of benzene rings is 2. The second-order valence-electron chi connectivity index (χ2n) is 11.9. The summed E-state index contributed by atoms with van der Waals surface area (Å²) in [6.07, 6.45) is 10.8. The molecule has 2 fully saturated rings. The SMILES string of the molecule is CCCCC1CC2(CCN(Cc3c(OC)cc(C)c4[nH]ccc34)[C@H](c3ccc(C(=O)N=C(C)C(=O)O)cc3)C2)C1. The van der Waals surface area contributed by atoms with Gasteiger partial charge in [0.2, 0.25) is 0 Å². The zero-order valence-electron chi connectivity index (χ0n) is 24.1. The van der Waals surface area contributed by atoms with Gasteiger partial charge < -0.3 is 14.8 Å². The van der Waals surface area contributed by atoms with Crippen molar-refractivity contribution in [1.29, 1.82) is 0 Å². The van der Waals surface area contributed by atoms with Crippen LogP contribution in [0.5, 0.6) is 5.75 Å². The number of carboxylic acid groups (broad SMARTS) is 1. The largest absolute Gasteiger partial charge is 0.496 e. The first kappa shape index (κ1) is 28.1. The summed E-state index contributed by atoms with van der Waals surface area (Å²) in [6, 6.07) is 12.1. The van der Waals surface area contributed by atoms with Crippen LogP contribution in [-0.4, -0.2) is 46.2 Å². The van der Waals surface area contributed by atoms with Gasteiger partial charge in [-0.1, -0.05) is 38.3 Å². The highest BCUT2D eigenvalue weighted by Gasteiger charge is 2.48. The molecule has 2 heterocycles. The molecule has 1 saturated carbocycles. The number of likely N-dealkylation sites (tertiary alicyclic amines) is 1. The Morgan fingerprint density at radius 1 is 1.18 bits per heavy atom. The summed E-state index contributed by atoms with van der Waals surface area (Å²) in [5.41, 5.74) is 5.28. The average Bonchev–Trinajstić information content (AvgIpc) is 3.43. The van der Waals surface area contributed by atoms with Gasteiger partial charge in [-0.2, -0.15) is 0 Å². The maximum absolute atomic E-state index is 12.6. The lowest BCUT2D eigenvalue weighted by Crippen LogP contribution is -2.48. The van der Waals surface area contributed by atoms with E-state index in [0.29, 0.717) is 11.0 Å². The van der Waals surface area contributed by atoms with Crippen LogP contribution in [0.1, 0.15) is 91.9 Å². The molecule has 1 aliphatic carbocycles. The number of H-pyrrole nitrogens is 1. The van der Waals surface area contributed by atoms with Gasteiger partial charge in [-0.25, -0.2) is 9.79 Å². The van der Waals surface area contributed by atoms with Crippen LogP contribution in [0.25, 0.3) is 10.9 Å². The van der Waals surface area contributed by atoms with E-state index in [1.54, 1.807) is 19.2 Å². The first-order valence-corrected chi connectivity index (χ1v) is 14.5. The predicted molar refractivity (Wildman–Crippen MR) is 158 cm³/mol. The number of fused-ring (bicyclic) bond motifs is 1. The zero-order chi connectivity index (χ0) is 28.4. The van der Waals surface area contributed by atoms with Crippen LogP contribution >= 0.6 is 0 Å². The second kappa shape index (κ2) is 11.6. The number of aliphatic carboxylic acids is 1. The lowest BCUT2D eigenvalue weighted by Gasteiger charge is -2.55. The third-order valence-corrected chi connectivity index (χ3v) is 9.22. The van der Waals surface area contributed by atoms with Gasteiger partial charge >= 0.3 is 5.97 Å². The Kier molecular flexibility index (Phi) is 8.13. The number of nitrogens with zero attached hydrogens (tertiary/aromatic N) is 2. The monoisotopic (exact) mass is 543 g/mol. The molecule has 40 heavy (non-hydrogen) atoms. The van der Waals surface area contributed by atoms with Crippen LogP contribution in [0.3, 0.4) is 0 Å². The van der Waals surface area contributed by atoms with E-state index >= 15 is 0 Å². The van der Waals surface area contributed by atoms with Crippen LogP contribution in [0.2, 0.25) is 0 Å². The molecule has 1 atom stereocenters. The second-order valence-corrected chi connectivity index (χ2v) is 11.9. The number of carbonyl (C=O) groups is 2. The molecular formula is C33H41N3O4. The molecule has 1 aromatic heterocycles. The average molecular weight is 544 g/mol. The van der Waals surface area contributed by atoms with Crippen molar-refractivity contribution in [2.75, 3.05) is 13.7 Å². The van der Waals surface area contributed by atoms with Gasteiger partial charge in [0, 0.05) is 40.8 Å². The Balaban J connectivity index is 1.44. The molecule has 7 nitrogen and oxygen atoms in total. The maximum Gasteiger partial charge on any atom is 0.350 e. The number of aliphatic imine (C=N–C) groups is 1. The van der Waals surface area contributed by atoms with Crippen LogP contribution in [0, 0.1) is 18.3 Å². The molecule has 2 aromatic carbocycles. The van der Waals surface area contributed by atoms with Crippen molar-refractivity contribution in [2.45, 2.75) is 78.3 Å². The van der Waals surface area contributed by atoms with E-state index in [2.05, 4.69) is 40.9 Å². The van der Waals surface area contributed by atoms with Crippen LogP contribution < -0.4 is 4.74 Å². The number of carbonyl (C=O) groups excluding carboxylic acids is 1. The van der Waals surface area contributed by atoms with Gasteiger partial charge in [-0.3, -0.25) is 9.69 Å². The molecule has 2 aliphatic rings. The fraction of sp³-hybridized carbons (Fsp3) is 0.485. The molecule has 1 aliphatic heterocycles. The van der Waals surface area contributed by atoms with Crippen molar-refractivity contribution < 1.29 is 19.4 Å². The van der Waals surface area contributed by atoms with Crippen LogP contribution in [0.4, 0.5) is 0 Å². The van der Waals surface area contributed by atoms with Crippen molar-refractivity contribution in [3.05, 3.63) is 64.8 Å². The first-order valence-electron chi connectivity index (χ1n) is 14.5. The number of rotatable bonds is 9. The summed E-state index contributed by atoms with van der Waals surface area (Å²) < 4.78 is 5.87. The number of aromatic amines is 1. The molecule has 0 bridgehead atoms. The summed E-state index contributed by atoms with van der Waals surface area (Å²) in [4.78, 5) is 33.4. The number of piperidine rings is 1. The van der Waals surface area contributed by atoms with Crippen LogP contribution in [-0.2, 0) is 11.3 Å². The summed E-state index contributed by atoms with van der Waals surface area (Å²) in [5, 5.41) is 10.3. The lowest BCUT2D eigenvalue weighted by molar-refractivity contribution is -0.129. The highest BCUT2D eigenvalue weighted by atomic mass is 16.5. The van der Waals surface area contributed by atoms with Crippen molar-refractivity contribution in [1.82, 2.24) is 9.88 Å². The number of hydrogen-bond acceptors (Lipinski definition) is 4. The van der Waals surface area contributed by atoms with Crippen LogP contribution in [0.15, 0.2) is 47.6 Å². The smallest absolute Gasteiger partial charge is 0.350 e. The van der Waals surface area contributed by atoms with E-state index in [1.807, 2.05) is 18.3 Å². The third-order valence-electron chi connectivity index (χ3n) is 9.22. The normalized spacial score (nSPS) is 23.4. The van der Waals surface area contributed by atoms with Gasteiger partial charge in [-0.05, 0) is 92.8 Å². The molecule has 5 rings (SSSR count).